The Balaban J connectivity index is 1.62. The van der Waals surface area contributed by atoms with Gasteiger partial charge < -0.3 is 4.74 Å². The maximum Gasteiger partial charge on any atom is 0.260 e. The van der Waals surface area contributed by atoms with E-state index in [4.69, 9.17) is 4.74 Å². The molecule has 1 heterocycles. The lowest BCUT2D eigenvalue weighted by molar-refractivity contribution is 0.414. The normalized spacial score (nSPS) is 13.4. The molecule has 0 saturated carbocycles. The minimum absolute atomic E-state index is 0.0543. The zero-order valence-electron chi connectivity index (χ0n) is 15.3. The third kappa shape index (κ3) is 3.75. The first kappa shape index (κ1) is 18.2. The van der Waals surface area contributed by atoms with Crippen molar-refractivity contribution in [3.63, 3.8) is 0 Å². The third-order valence-corrected chi connectivity index (χ3v) is 6.07. The molecule has 2 aromatic carbocycles. The predicted molar refractivity (Wildman–Crippen MR) is 109 cm³/mol. The second-order valence-corrected chi connectivity index (χ2v) is 8.15. The molecule has 1 aromatic heterocycles. The molecule has 142 valence electrons. The Hall–Kier alpha value is -3.19. The molecule has 7 heteroatoms. The SMILES string of the molecule is COc1ccc2c(c1)C=C(S(=O)(=O)Nc1nccc(-c3ccccc3)n1)CC2. The Morgan fingerprint density at radius 1 is 1.04 bits per heavy atom. The molecule has 0 radical (unpaired) electrons. The number of benzene rings is 2. The average molecular weight is 393 g/mol. The largest absolute Gasteiger partial charge is 0.497 e. The Morgan fingerprint density at radius 2 is 1.86 bits per heavy atom. The molecule has 0 aliphatic heterocycles. The average Bonchev–Trinajstić information content (AvgIpc) is 2.73. The van der Waals surface area contributed by atoms with Gasteiger partial charge in [-0.25, -0.2) is 23.1 Å². The van der Waals surface area contributed by atoms with Crippen LogP contribution in [0.1, 0.15) is 17.5 Å². The molecule has 1 aliphatic carbocycles. The highest BCUT2D eigenvalue weighted by Gasteiger charge is 2.23. The number of sulfonamides is 1. The summed E-state index contributed by atoms with van der Waals surface area (Å²) in [6.07, 6.45) is 4.30. The van der Waals surface area contributed by atoms with Crippen molar-refractivity contribution in [2.24, 2.45) is 0 Å². The van der Waals surface area contributed by atoms with Gasteiger partial charge in [0.15, 0.2) is 0 Å². The summed E-state index contributed by atoms with van der Waals surface area (Å²) < 4.78 is 33.5. The molecule has 28 heavy (non-hydrogen) atoms. The zero-order valence-corrected chi connectivity index (χ0v) is 16.1. The first-order valence-corrected chi connectivity index (χ1v) is 10.3. The van der Waals surface area contributed by atoms with E-state index in [-0.39, 0.29) is 5.95 Å². The molecule has 4 rings (SSSR count). The molecule has 0 saturated heterocycles. The van der Waals surface area contributed by atoms with Gasteiger partial charge in [0.2, 0.25) is 5.95 Å². The number of aromatic nitrogens is 2. The van der Waals surface area contributed by atoms with Crippen molar-refractivity contribution in [1.29, 1.82) is 0 Å². The van der Waals surface area contributed by atoms with Crippen LogP contribution in [0.2, 0.25) is 0 Å². The summed E-state index contributed by atoms with van der Waals surface area (Å²) in [6.45, 7) is 0. The Bertz CT molecular complexity index is 1140. The van der Waals surface area contributed by atoms with Crippen molar-refractivity contribution in [3.05, 3.63) is 76.8 Å². The molecular formula is C21H19N3O3S. The van der Waals surface area contributed by atoms with Gasteiger partial charge in [0, 0.05) is 11.8 Å². The van der Waals surface area contributed by atoms with Gasteiger partial charge in [0.25, 0.3) is 10.0 Å². The van der Waals surface area contributed by atoms with Gasteiger partial charge in [-0.05, 0) is 48.2 Å². The summed E-state index contributed by atoms with van der Waals surface area (Å²) in [5.41, 5.74) is 3.50. The highest BCUT2D eigenvalue weighted by Crippen LogP contribution is 2.30. The quantitative estimate of drug-likeness (QED) is 0.711. The van der Waals surface area contributed by atoms with E-state index in [1.807, 2.05) is 48.5 Å². The second kappa shape index (κ2) is 7.44. The van der Waals surface area contributed by atoms with E-state index in [1.54, 1.807) is 25.4 Å². The Morgan fingerprint density at radius 3 is 2.64 bits per heavy atom. The van der Waals surface area contributed by atoms with Crippen LogP contribution < -0.4 is 9.46 Å². The van der Waals surface area contributed by atoms with Crippen molar-refractivity contribution in [2.75, 3.05) is 11.8 Å². The van der Waals surface area contributed by atoms with E-state index < -0.39 is 10.0 Å². The smallest absolute Gasteiger partial charge is 0.260 e. The van der Waals surface area contributed by atoms with E-state index in [1.165, 1.54) is 0 Å². The Labute approximate surface area is 164 Å². The van der Waals surface area contributed by atoms with E-state index >= 15 is 0 Å². The summed E-state index contributed by atoms with van der Waals surface area (Å²) in [5.74, 6) is 0.749. The van der Waals surface area contributed by atoms with Crippen LogP contribution in [0.4, 0.5) is 5.95 Å². The number of nitrogens with zero attached hydrogens (tertiary/aromatic N) is 2. The second-order valence-electron chi connectivity index (χ2n) is 6.41. The maximum atomic E-state index is 12.9. The summed E-state index contributed by atoms with van der Waals surface area (Å²) in [6, 6.07) is 17.0. The van der Waals surface area contributed by atoms with Crippen LogP contribution in [-0.4, -0.2) is 25.5 Å². The van der Waals surface area contributed by atoms with Crippen molar-refractivity contribution >= 4 is 22.0 Å². The molecule has 0 spiro atoms. The van der Waals surface area contributed by atoms with Crippen molar-refractivity contribution in [1.82, 2.24) is 9.97 Å². The van der Waals surface area contributed by atoms with Crippen LogP contribution in [0.25, 0.3) is 17.3 Å². The fraction of sp³-hybridized carbons (Fsp3) is 0.143. The monoisotopic (exact) mass is 393 g/mol. The lowest BCUT2D eigenvalue weighted by Crippen LogP contribution is -2.19. The molecule has 1 aliphatic rings. The van der Waals surface area contributed by atoms with Crippen LogP contribution in [-0.2, 0) is 16.4 Å². The molecule has 6 nitrogen and oxygen atoms in total. The number of hydrogen-bond acceptors (Lipinski definition) is 5. The number of anilines is 1. The van der Waals surface area contributed by atoms with Crippen molar-refractivity contribution < 1.29 is 13.2 Å². The van der Waals surface area contributed by atoms with Crippen LogP contribution in [0.5, 0.6) is 5.75 Å². The van der Waals surface area contributed by atoms with Crippen LogP contribution >= 0.6 is 0 Å². The number of hydrogen-bond donors (Lipinski definition) is 1. The predicted octanol–water partition coefficient (Wildman–Crippen LogP) is 3.88. The van der Waals surface area contributed by atoms with Gasteiger partial charge in [-0.3, -0.25) is 0 Å². The molecule has 0 unspecified atom stereocenters. The van der Waals surface area contributed by atoms with E-state index in [0.29, 0.717) is 29.2 Å². The third-order valence-electron chi connectivity index (χ3n) is 4.61. The number of ether oxygens (including phenoxy) is 1. The molecule has 1 N–H and O–H groups in total. The highest BCUT2D eigenvalue weighted by molar-refractivity contribution is 7.96. The first-order chi connectivity index (χ1) is 13.5. The fourth-order valence-electron chi connectivity index (χ4n) is 3.14. The molecule has 0 bridgehead atoms. The summed E-state index contributed by atoms with van der Waals surface area (Å²) in [5, 5.41) is 0. The maximum absolute atomic E-state index is 12.9. The minimum atomic E-state index is -3.75. The summed E-state index contributed by atoms with van der Waals surface area (Å²) in [7, 11) is -2.16. The van der Waals surface area contributed by atoms with Gasteiger partial charge in [-0.2, -0.15) is 0 Å². The van der Waals surface area contributed by atoms with Crippen molar-refractivity contribution in [2.45, 2.75) is 12.8 Å². The number of methoxy groups -OCH3 is 1. The fourth-order valence-corrected chi connectivity index (χ4v) is 4.26. The highest BCUT2D eigenvalue weighted by atomic mass is 32.2. The van der Waals surface area contributed by atoms with E-state index in [9.17, 15) is 8.42 Å². The standard InChI is InChI=1S/C21H19N3O3S/c1-27-18-9-7-15-8-10-19(14-17(15)13-18)28(25,26)24-21-22-12-11-20(23-21)16-5-3-2-4-6-16/h2-7,9,11-14H,8,10H2,1H3,(H,22,23,24). The Kier molecular flexibility index (Phi) is 4.83. The van der Waals surface area contributed by atoms with E-state index in [2.05, 4.69) is 14.7 Å². The first-order valence-electron chi connectivity index (χ1n) is 8.84. The van der Waals surface area contributed by atoms with Gasteiger partial charge >= 0.3 is 0 Å². The lowest BCUT2D eigenvalue weighted by Gasteiger charge is -2.18. The minimum Gasteiger partial charge on any atom is -0.497 e. The molecule has 0 amide bonds. The van der Waals surface area contributed by atoms with Gasteiger partial charge in [-0.1, -0.05) is 36.4 Å². The number of allylic oxidation sites excluding steroid dienone is 1. The number of nitrogens with one attached hydrogen (secondary N) is 1. The van der Waals surface area contributed by atoms with Crippen LogP contribution in [0, 0.1) is 0 Å². The number of fused-ring (bicyclic) bond motifs is 1. The summed E-state index contributed by atoms with van der Waals surface area (Å²) in [4.78, 5) is 8.72. The summed E-state index contributed by atoms with van der Waals surface area (Å²) >= 11 is 0. The van der Waals surface area contributed by atoms with Gasteiger partial charge in [0.05, 0.1) is 17.7 Å². The molecular weight excluding hydrogens is 374 g/mol. The number of rotatable bonds is 5. The molecule has 3 aromatic rings. The zero-order chi connectivity index (χ0) is 19.6. The molecule has 0 fully saturated rings. The van der Waals surface area contributed by atoms with Crippen LogP contribution in [0.15, 0.2) is 65.7 Å². The van der Waals surface area contributed by atoms with E-state index in [0.717, 1.165) is 16.7 Å². The van der Waals surface area contributed by atoms with Gasteiger partial charge in [-0.15, -0.1) is 0 Å². The topological polar surface area (TPSA) is 81.2 Å². The van der Waals surface area contributed by atoms with Gasteiger partial charge in [0.1, 0.15) is 5.75 Å². The lowest BCUT2D eigenvalue weighted by atomic mass is 9.97. The van der Waals surface area contributed by atoms with Crippen LogP contribution in [0.3, 0.4) is 0 Å². The van der Waals surface area contributed by atoms with Crippen molar-refractivity contribution in [3.8, 4) is 17.0 Å². The number of aryl methyl sites for hydroxylation is 1. The molecule has 0 atom stereocenters.